The van der Waals surface area contributed by atoms with Crippen molar-refractivity contribution in [2.45, 2.75) is 102 Å². The summed E-state index contributed by atoms with van der Waals surface area (Å²) >= 11 is 1.57. The van der Waals surface area contributed by atoms with Gasteiger partial charge in [0.05, 0.1) is 6.10 Å². The molecule has 1 aliphatic rings. The zero-order valence-electron chi connectivity index (χ0n) is 17.5. The van der Waals surface area contributed by atoms with Crippen molar-refractivity contribution < 1.29 is 33.0 Å². The number of carbonyl (C=O) groups excluding carboxylic acids is 1. The van der Waals surface area contributed by atoms with Gasteiger partial charge in [-0.25, -0.2) is 0 Å². The number of halogens is 3. The molecule has 1 aliphatic carbocycles. The molecule has 0 radical (unpaired) electrons. The van der Waals surface area contributed by atoms with E-state index < -0.39 is 30.1 Å². The van der Waals surface area contributed by atoms with Gasteiger partial charge in [-0.05, 0) is 37.5 Å². The molecule has 0 aromatic rings. The lowest BCUT2D eigenvalue weighted by molar-refractivity contribution is -0.138. The number of aliphatic carboxylic acids is 1. The molecule has 0 aliphatic heterocycles. The van der Waals surface area contributed by atoms with Crippen molar-refractivity contribution in [2.24, 2.45) is 11.3 Å². The lowest BCUT2D eigenvalue weighted by Crippen LogP contribution is -2.33. The summed E-state index contributed by atoms with van der Waals surface area (Å²) in [4.78, 5) is 22.7. The molecule has 3 unspecified atom stereocenters. The number of carboxylic acid groups (broad SMARTS) is 1. The molecule has 4 nitrogen and oxygen atoms in total. The highest BCUT2D eigenvalue weighted by Gasteiger charge is 2.36. The summed E-state index contributed by atoms with van der Waals surface area (Å²) in [5.74, 6) is -0.134. The topological polar surface area (TPSA) is 74.6 Å². The van der Waals surface area contributed by atoms with Gasteiger partial charge in [-0.2, -0.15) is 24.9 Å². The Morgan fingerprint density at radius 3 is 2.41 bits per heavy atom. The minimum atomic E-state index is -4.17. The molecule has 1 saturated carbocycles. The maximum Gasteiger partial charge on any atom is 0.389 e. The summed E-state index contributed by atoms with van der Waals surface area (Å²) in [6, 6.07) is 0. The first-order valence-electron chi connectivity index (χ1n) is 10.5. The Bertz CT molecular complexity index is 523. The average molecular weight is 441 g/mol. The fourth-order valence-electron chi connectivity index (χ4n) is 3.77. The predicted octanol–water partition coefficient (Wildman–Crippen LogP) is 5.61. The summed E-state index contributed by atoms with van der Waals surface area (Å²) in [6.45, 7) is 3.59. The Labute approximate surface area is 176 Å². The molecule has 170 valence electrons. The largest absolute Gasteiger partial charge is 0.481 e. The van der Waals surface area contributed by atoms with E-state index in [9.17, 15) is 27.9 Å². The fraction of sp³-hybridized carbons (Fsp3) is 0.905. The number of carboxylic acids is 1. The molecule has 0 aromatic heterocycles. The third-order valence-electron chi connectivity index (χ3n) is 5.84. The predicted molar refractivity (Wildman–Crippen MR) is 109 cm³/mol. The summed E-state index contributed by atoms with van der Waals surface area (Å²) in [5, 5.41) is 19.3. The number of thioether (sulfide) groups is 1. The number of aliphatic hydroxyl groups is 1. The molecule has 8 heteroatoms. The van der Waals surface area contributed by atoms with Crippen molar-refractivity contribution in [1.82, 2.24) is 0 Å². The highest BCUT2D eigenvalue weighted by atomic mass is 32.2. The van der Waals surface area contributed by atoms with Crippen LogP contribution in [-0.4, -0.2) is 45.2 Å². The monoisotopic (exact) mass is 440 g/mol. The molecule has 0 aromatic carbocycles. The quantitative estimate of drug-likeness (QED) is 0.343. The zero-order chi connectivity index (χ0) is 22.1. The number of hydrogen-bond acceptors (Lipinski definition) is 4. The van der Waals surface area contributed by atoms with E-state index in [1.54, 1.807) is 25.6 Å². The molecule has 1 fully saturated rings. The summed E-state index contributed by atoms with van der Waals surface area (Å²) < 4.78 is 37.0. The van der Waals surface area contributed by atoms with Crippen LogP contribution in [0, 0.1) is 11.3 Å². The highest BCUT2D eigenvalue weighted by molar-refractivity contribution is 8.00. The first kappa shape index (κ1) is 26.3. The number of alkyl halides is 3. The molecule has 0 spiro atoms. The number of unbranched alkanes of at least 4 members (excludes halogenated alkanes) is 3. The van der Waals surface area contributed by atoms with E-state index in [0.29, 0.717) is 25.0 Å². The normalized spacial score (nSPS) is 21.5. The molecule has 1 rings (SSSR count). The van der Waals surface area contributed by atoms with Gasteiger partial charge >= 0.3 is 12.1 Å². The number of carbonyl (C=O) groups is 2. The smallest absolute Gasteiger partial charge is 0.389 e. The molecule has 0 saturated heterocycles. The lowest BCUT2D eigenvalue weighted by Gasteiger charge is -2.31. The van der Waals surface area contributed by atoms with Crippen molar-refractivity contribution in [2.75, 3.05) is 5.75 Å². The Morgan fingerprint density at radius 1 is 1.14 bits per heavy atom. The van der Waals surface area contributed by atoms with Crippen LogP contribution in [0.3, 0.4) is 0 Å². The van der Waals surface area contributed by atoms with Gasteiger partial charge in [-0.1, -0.05) is 33.1 Å². The third-order valence-corrected chi connectivity index (χ3v) is 7.35. The van der Waals surface area contributed by atoms with E-state index in [2.05, 4.69) is 0 Å². The van der Waals surface area contributed by atoms with Gasteiger partial charge in [0.15, 0.2) is 0 Å². The van der Waals surface area contributed by atoms with Crippen LogP contribution in [0.1, 0.15) is 84.5 Å². The second kappa shape index (κ2) is 12.2. The van der Waals surface area contributed by atoms with E-state index in [1.165, 1.54) is 0 Å². The van der Waals surface area contributed by atoms with E-state index in [4.69, 9.17) is 5.11 Å². The summed E-state index contributed by atoms with van der Waals surface area (Å²) in [7, 11) is 0. The van der Waals surface area contributed by atoms with Gasteiger partial charge < -0.3 is 10.2 Å². The second-order valence-corrected chi connectivity index (χ2v) is 10.1. The van der Waals surface area contributed by atoms with Crippen LogP contribution in [0.2, 0.25) is 0 Å². The van der Waals surface area contributed by atoms with Crippen molar-refractivity contribution in [3.8, 4) is 0 Å². The third kappa shape index (κ3) is 10.7. The molecule has 3 atom stereocenters. The van der Waals surface area contributed by atoms with Gasteiger partial charge in [0.25, 0.3) is 0 Å². The van der Waals surface area contributed by atoms with Gasteiger partial charge in [-0.3, -0.25) is 9.59 Å². The van der Waals surface area contributed by atoms with Gasteiger partial charge in [0.1, 0.15) is 5.78 Å². The number of rotatable bonds is 14. The summed E-state index contributed by atoms with van der Waals surface area (Å²) in [6.07, 6.45) is 0.186. The Kier molecular flexibility index (Phi) is 11.0. The van der Waals surface area contributed by atoms with Crippen LogP contribution in [0.4, 0.5) is 13.2 Å². The van der Waals surface area contributed by atoms with E-state index in [1.807, 2.05) is 0 Å². The number of hydrogen-bond donors (Lipinski definition) is 2. The molecule has 29 heavy (non-hydrogen) atoms. The maximum absolute atomic E-state index is 12.3. The zero-order valence-corrected chi connectivity index (χ0v) is 18.3. The van der Waals surface area contributed by atoms with Crippen LogP contribution in [-0.2, 0) is 9.59 Å². The maximum atomic E-state index is 12.3. The molecule has 0 amide bonds. The van der Waals surface area contributed by atoms with E-state index >= 15 is 0 Å². The van der Waals surface area contributed by atoms with Gasteiger partial charge in [0.2, 0.25) is 0 Å². The minimum Gasteiger partial charge on any atom is -0.481 e. The molecule has 2 N–H and O–H groups in total. The van der Waals surface area contributed by atoms with E-state index in [-0.39, 0.29) is 29.8 Å². The second-order valence-electron chi connectivity index (χ2n) is 8.80. The Hall–Kier alpha value is -0.760. The van der Waals surface area contributed by atoms with Crippen molar-refractivity contribution >= 4 is 23.5 Å². The van der Waals surface area contributed by atoms with Crippen LogP contribution in [0.15, 0.2) is 0 Å². The Balaban J connectivity index is 2.36. The minimum absolute atomic E-state index is 0.00461. The summed E-state index contributed by atoms with van der Waals surface area (Å²) in [5.41, 5.74) is -0.597. The first-order valence-corrected chi connectivity index (χ1v) is 11.6. The van der Waals surface area contributed by atoms with Gasteiger partial charge in [0, 0.05) is 36.2 Å². The van der Waals surface area contributed by atoms with Crippen LogP contribution in [0.25, 0.3) is 0 Å². The standard InChI is InChI=1S/C21H35F3O4S/c1-20(2,12-7-13-21(22,23)24)18(26)14-29-17-11-10-16(25)15(17)8-5-3-4-6-9-19(27)28/h15,17-18,26H,3-14H2,1-2H3,(H,27,28). The van der Waals surface area contributed by atoms with Crippen molar-refractivity contribution in [1.29, 1.82) is 0 Å². The number of Topliss-reactive ketones (excluding diaryl/α,β-unsaturated/α-hetero) is 1. The van der Waals surface area contributed by atoms with Gasteiger partial charge in [-0.15, -0.1) is 0 Å². The number of ketones is 1. The van der Waals surface area contributed by atoms with Crippen molar-refractivity contribution in [3.05, 3.63) is 0 Å². The Morgan fingerprint density at radius 2 is 1.79 bits per heavy atom. The average Bonchev–Trinajstić information content (AvgIpc) is 2.94. The van der Waals surface area contributed by atoms with Crippen molar-refractivity contribution in [3.63, 3.8) is 0 Å². The van der Waals surface area contributed by atoms with Crippen LogP contribution in [0.5, 0.6) is 0 Å². The fourth-order valence-corrected chi connectivity index (χ4v) is 5.46. The van der Waals surface area contributed by atoms with Crippen LogP contribution >= 0.6 is 11.8 Å². The molecule has 0 heterocycles. The molecule has 0 bridgehead atoms. The first-order chi connectivity index (χ1) is 13.4. The lowest BCUT2D eigenvalue weighted by atomic mass is 9.82. The highest BCUT2D eigenvalue weighted by Crippen LogP contribution is 2.39. The SMILES string of the molecule is CC(C)(CCCC(F)(F)F)C(O)CSC1CCC(=O)C1CCCCCCC(=O)O. The van der Waals surface area contributed by atoms with E-state index in [0.717, 1.165) is 32.1 Å². The molecular formula is C21H35F3O4S. The van der Waals surface area contributed by atoms with Crippen LogP contribution < -0.4 is 0 Å². The molecular weight excluding hydrogens is 405 g/mol. The number of aliphatic hydroxyl groups excluding tert-OH is 1.